The molecular formula is C5H10F2OSi. The minimum atomic E-state index is -3.94. The van der Waals surface area contributed by atoms with Crippen LogP contribution in [0.3, 0.4) is 0 Å². The SMILES string of the molecule is CC(=O)CC[Si](C)(F)F. The summed E-state index contributed by atoms with van der Waals surface area (Å²) in [5, 5.41) is 0. The molecule has 0 fully saturated rings. The first-order valence-electron chi connectivity index (χ1n) is 2.79. The standard InChI is InChI=1S/C5H10F2OSi/c1-5(8)3-4-9(2,6)7/h3-4H2,1-2H3. The second-order valence-electron chi connectivity index (χ2n) is 2.27. The van der Waals surface area contributed by atoms with Gasteiger partial charge in [-0.3, -0.25) is 8.22 Å². The van der Waals surface area contributed by atoms with Crippen molar-refractivity contribution in [2.45, 2.75) is 25.9 Å². The highest BCUT2D eigenvalue weighted by molar-refractivity contribution is 6.64. The molecule has 0 heterocycles. The molecule has 0 aliphatic rings. The minimum absolute atomic E-state index is 0.0374. The van der Waals surface area contributed by atoms with Crippen LogP contribution in [0.1, 0.15) is 13.3 Å². The number of halogens is 2. The molecule has 9 heavy (non-hydrogen) atoms. The topological polar surface area (TPSA) is 17.1 Å². The van der Waals surface area contributed by atoms with Crippen LogP contribution >= 0.6 is 0 Å². The van der Waals surface area contributed by atoms with Crippen molar-refractivity contribution in [2.75, 3.05) is 0 Å². The predicted molar refractivity (Wildman–Crippen MR) is 33.9 cm³/mol. The predicted octanol–water partition coefficient (Wildman–Crippen LogP) is 1.98. The van der Waals surface area contributed by atoms with Gasteiger partial charge >= 0.3 is 8.74 Å². The molecule has 54 valence electrons. The molecule has 0 aromatic rings. The maximum atomic E-state index is 12.1. The fraction of sp³-hybridized carbons (Fsp3) is 0.800. The molecule has 0 rings (SSSR count). The summed E-state index contributed by atoms with van der Waals surface area (Å²) in [6.07, 6.45) is 0.0374. The number of ketones is 1. The zero-order valence-corrected chi connectivity index (χ0v) is 6.58. The van der Waals surface area contributed by atoms with Gasteiger partial charge in [-0.1, -0.05) is 0 Å². The van der Waals surface area contributed by atoms with Gasteiger partial charge in [-0.2, -0.15) is 0 Å². The summed E-state index contributed by atoms with van der Waals surface area (Å²) in [6, 6.07) is -0.192. The molecule has 0 aliphatic heterocycles. The Morgan fingerprint density at radius 1 is 1.56 bits per heavy atom. The maximum absolute atomic E-state index is 12.1. The van der Waals surface area contributed by atoms with E-state index in [4.69, 9.17) is 0 Å². The normalized spacial score (nSPS) is 11.6. The van der Waals surface area contributed by atoms with E-state index in [9.17, 15) is 13.0 Å². The first-order chi connectivity index (χ1) is 3.92. The average Bonchev–Trinajstić information content (AvgIpc) is 1.59. The molecule has 0 amide bonds. The van der Waals surface area contributed by atoms with Gasteiger partial charge in [-0.15, -0.1) is 0 Å². The second kappa shape index (κ2) is 3.05. The van der Waals surface area contributed by atoms with Gasteiger partial charge in [-0.05, 0) is 13.5 Å². The van der Waals surface area contributed by atoms with Crippen molar-refractivity contribution in [1.82, 2.24) is 0 Å². The van der Waals surface area contributed by atoms with E-state index in [-0.39, 0.29) is 18.2 Å². The van der Waals surface area contributed by atoms with Gasteiger partial charge in [0.1, 0.15) is 5.78 Å². The van der Waals surface area contributed by atoms with Gasteiger partial charge in [0.05, 0.1) is 0 Å². The number of carbonyl (C=O) groups excluding carboxylic acids is 1. The number of hydrogen-bond acceptors (Lipinski definition) is 1. The van der Waals surface area contributed by atoms with Crippen molar-refractivity contribution in [3.05, 3.63) is 0 Å². The van der Waals surface area contributed by atoms with Gasteiger partial charge in [-0.25, -0.2) is 0 Å². The summed E-state index contributed by atoms with van der Waals surface area (Å²) in [6.45, 7) is 2.29. The molecule has 0 saturated carbocycles. The van der Waals surface area contributed by atoms with E-state index in [0.717, 1.165) is 6.55 Å². The third kappa shape index (κ3) is 7.75. The van der Waals surface area contributed by atoms with Gasteiger partial charge in [0, 0.05) is 12.5 Å². The number of rotatable bonds is 3. The Balaban J connectivity index is 3.39. The van der Waals surface area contributed by atoms with E-state index in [1.165, 1.54) is 6.92 Å². The molecule has 0 N–H and O–H groups in total. The zero-order chi connectivity index (χ0) is 7.49. The lowest BCUT2D eigenvalue weighted by molar-refractivity contribution is -0.116. The summed E-state index contributed by atoms with van der Waals surface area (Å²) in [7, 11) is -3.94. The lowest BCUT2D eigenvalue weighted by atomic mass is 10.4. The van der Waals surface area contributed by atoms with Crippen LogP contribution in [0, 0.1) is 0 Å². The Morgan fingerprint density at radius 3 is 2.11 bits per heavy atom. The molecule has 0 aromatic carbocycles. The lowest BCUT2D eigenvalue weighted by Crippen LogP contribution is -2.16. The van der Waals surface area contributed by atoms with Gasteiger partial charge < -0.3 is 4.79 Å². The third-order valence-corrected chi connectivity index (χ3v) is 2.04. The van der Waals surface area contributed by atoms with E-state index in [1.807, 2.05) is 0 Å². The Kier molecular flexibility index (Phi) is 2.97. The van der Waals surface area contributed by atoms with Crippen LogP contribution < -0.4 is 0 Å². The molecule has 0 saturated heterocycles. The quantitative estimate of drug-likeness (QED) is 0.446. The first kappa shape index (κ1) is 8.75. The van der Waals surface area contributed by atoms with Crippen LogP contribution in [0.5, 0.6) is 0 Å². The van der Waals surface area contributed by atoms with Crippen molar-refractivity contribution in [3.8, 4) is 0 Å². The molecule has 0 aromatic heterocycles. The van der Waals surface area contributed by atoms with Gasteiger partial charge in [0.25, 0.3) is 0 Å². The molecule has 0 bridgehead atoms. The molecule has 0 atom stereocenters. The number of carbonyl (C=O) groups is 1. The summed E-state index contributed by atoms with van der Waals surface area (Å²) in [5.74, 6) is -0.149. The van der Waals surface area contributed by atoms with Crippen molar-refractivity contribution in [2.24, 2.45) is 0 Å². The monoisotopic (exact) mass is 152 g/mol. The molecule has 4 heteroatoms. The second-order valence-corrected chi connectivity index (χ2v) is 4.91. The van der Waals surface area contributed by atoms with Crippen LogP contribution in [0.2, 0.25) is 12.6 Å². The first-order valence-corrected chi connectivity index (χ1v) is 5.25. The van der Waals surface area contributed by atoms with E-state index >= 15 is 0 Å². The third-order valence-electron chi connectivity index (χ3n) is 0.916. The van der Waals surface area contributed by atoms with E-state index in [1.54, 1.807) is 0 Å². The van der Waals surface area contributed by atoms with Crippen LogP contribution in [0.15, 0.2) is 0 Å². The highest BCUT2D eigenvalue weighted by Crippen LogP contribution is 2.14. The van der Waals surface area contributed by atoms with Crippen molar-refractivity contribution >= 4 is 14.5 Å². The molecule has 0 unspecified atom stereocenters. The van der Waals surface area contributed by atoms with E-state index in [0.29, 0.717) is 0 Å². The van der Waals surface area contributed by atoms with Gasteiger partial charge in [0.2, 0.25) is 0 Å². The van der Waals surface area contributed by atoms with E-state index in [2.05, 4.69) is 0 Å². The molecule has 1 nitrogen and oxygen atoms in total. The van der Waals surface area contributed by atoms with Crippen molar-refractivity contribution in [1.29, 1.82) is 0 Å². The Hall–Kier alpha value is -0.253. The van der Waals surface area contributed by atoms with Gasteiger partial charge in [0.15, 0.2) is 0 Å². The van der Waals surface area contributed by atoms with Crippen LogP contribution in [0.25, 0.3) is 0 Å². The Morgan fingerprint density at radius 2 is 2.00 bits per heavy atom. The molecule has 0 aliphatic carbocycles. The smallest absolute Gasteiger partial charge is 0.300 e. The zero-order valence-electron chi connectivity index (χ0n) is 5.58. The summed E-state index contributed by atoms with van der Waals surface area (Å²) in [4.78, 5) is 10.2. The highest BCUT2D eigenvalue weighted by atomic mass is 28.4. The van der Waals surface area contributed by atoms with Crippen LogP contribution in [-0.4, -0.2) is 14.5 Å². The summed E-state index contributed by atoms with van der Waals surface area (Å²) < 4.78 is 24.1. The Labute approximate surface area is 54.4 Å². The highest BCUT2D eigenvalue weighted by Gasteiger charge is 2.27. The fourth-order valence-electron chi connectivity index (χ4n) is 0.396. The maximum Gasteiger partial charge on any atom is 0.422 e. The molecule has 0 radical (unpaired) electrons. The molecule has 0 spiro atoms. The lowest BCUT2D eigenvalue weighted by Gasteiger charge is -2.02. The summed E-state index contributed by atoms with van der Waals surface area (Å²) >= 11 is 0. The molecular weight excluding hydrogens is 142 g/mol. The van der Waals surface area contributed by atoms with E-state index < -0.39 is 8.74 Å². The largest absolute Gasteiger partial charge is 0.422 e. The van der Waals surface area contributed by atoms with Crippen molar-refractivity contribution in [3.63, 3.8) is 0 Å². The van der Waals surface area contributed by atoms with Crippen LogP contribution in [-0.2, 0) is 4.79 Å². The number of hydrogen-bond donors (Lipinski definition) is 0. The van der Waals surface area contributed by atoms with Crippen molar-refractivity contribution < 1.29 is 13.0 Å². The average molecular weight is 152 g/mol. The summed E-state index contributed by atoms with van der Waals surface area (Å²) in [5.41, 5.74) is 0. The Bertz CT molecular complexity index is 108. The fourth-order valence-corrected chi connectivity index (χ4v) is 1.19. The minimum Gasteiger partial charge on any atom is -0.300 e. The van der Waals surface area contributed by atoms with Crippen LogP contribution in [0.4, 0.5) is 8.22 Å². The number of Topliss-reactive ketones (excluding diaryl/α,β-unsaturated/α-hetero) is 1.